The molecule has 0 bridgehead atoms. The van der Waals surface area contributed by atoms with Crippen LogP contribution in [0.15, 0.2) is 16.9 Å². The van der Waals surface area contributed by atoms with E-state index in [0.29, 0.717) is 32.5 Å². The second-order valence-corrected chi connectivity index (χ2v) is 6.24. The number of carbonyl (C=O) groups excluding carboxylic acids is 1. The van der Waals surface area contributed by atoms with Gasteiger partial charge in [-0.2, -0.15) is 0 Å². The Hall–Kier alpha value is -2.19. The summed E-state index contributed by atoms with van der Waals surface area (Å²) in [7, 11) is 3.84. The number of likely N-dealkylation sites (tertiary alicyclic amines) is 1. The van der Waals surface area contributed by atoms with Gasteiger partial charge in [-0.15, -0.1) is 0 Å². The number of H-pyrrole nitrogens is 1. The highest BCUT2D eigenvalue weighted by Gasteiger charge is 2.34. The Morgan fingerprint density at radius 1 is 1.38 bits per heavy atom. The molecule has 2 rings (SSSR count). The molecule has 8 heteroatoms. The zero-order valence-electron chi connectivity index (χ0n) is 14.3. The Morgan fingerprint density at radius 2 is 1.92 bits per heavy atom. The number of nitrogens with one attached hydrogen (secondary N) is 1. The molecule has 0 saturated carbocycles. The molecule has 1 saturated heterocycles. The van der Waals surface area contributed by atoms with E-state index in [9.17, 15) is 14.7 Å². The van der Waals surface area contributed by atoms with Crippen molar-refractivity contribution >= 4 is 12.4 Å². The normalized spacial score (nSPS) is 16.3. The second kappa shape index (κ2) is 8.60. The zero-order chi connectivity index (χ0) is 18.3. The lowest BCUT2D eigenvalue weighted by Crippen LogP contribution is -2.51. The van der Waals surface area contributed by atoms with Crippen molar-refractivity contribution < 1.29 is 19.8 Å². The maximum absolute atomic E-state index is 12.4. The van der Waals surface area contributed by atoms with Gasteiger partial charge in [-0.05, 0) is 46.0 Å². The van der Waals surface area contributed by atoms with Gasteiger partial charge in [0.05, 0.1) is 5.60 Å². The molecule has 1 aliphatic rings. The number of aromatic amines is 1. The van der Waals surface area contributed by atoms with Gasteiger partial charge in [0, 0.05) is 25.3 Å². The Morgan fingerprint density at radius 3 is 2.38 bits per heavy atom. The van der Waals surface area contributed by atoms with Crippen LogP contribution >= 0.6 is 0 Å². The number of carboxylic acid groups (broad SMARTS) is 1. The van der Waals surface area contributed by atoms with Crippen molar-refractivity contribution in [1.29, 1.82) is 0 Å². The Bertz CT molecular complexity index is 618. The van der Waals surface area contributed by atoms with Crippen molar-refractivity contribution in [2.45, 2.75) is 25.4 Å². The van der Waals surface area contributed by atoms with Crippen molar-refractivity contribution in [3.63, 3.8) is 0 Å². The van der Waals surface area contributed by atoms with Crippen molar-refractivity contribution in [3.05, 3.63) is 33.7 Å². The van der Waals surface area contributed by atoms with Crippen LogP contribution in [0.3, 0.4) is 0 Å². The average molecular weight is 339 g/mol. The molecule has 1 fully saturated rings. The van der Waals surface area contributed by atoms with Crippen LogP contribution in [0.2, 0.25) is 0 Å². The molecule has 134 valence electrons. The molecule has 0 spiro atoms. The smallest absolute Gasteiger partial charge is 0.290 e. The van der Waals surface area contributed by atoms with Crippen LogP contribution in [0.1, 0.15) is 28.9 Å². The molecule has 1 aromatic rings. The average Bonchev–Trinajstić information content (AvgIpc) is 2.47. The highest BCUT2D eigenvalue weighted by atomic mass is 16.3. The van der Waals surface area contributed by atoms with Gasteiger partial charge in [-0.1, -0.05) is 0 Å². The van der Waals surface area contributed by atoms with Crippen molar-refractivity contribution in [2.24, 2.45) is 0 Å². The monoisotopic (exact) mass is 339 g/mol. The molecular formula is C16H25N3O5. The molecule has 0 radical (unpaired) electrons. The number of carbonyl (C=O) groups is 2. The number of amides is 1. The SMILES string of the molecule is Cc1ccc(C(=O)N2CCC(O)(CN(C)C)CC2)c(=O)[nH]1.O=CO. The number of pyridine rings is 1. The van der Waals surface area contributed by atoms with Gasteiger partial charge in [-0.3, -0.25) is 14.4 Å². The molecule has 1 aromatic heterocycles. The van der Waals surface area contributed by atoms with Gasteiger partial charge in [-0.25, -0.2) is 0 Å². The summed E-state index contributed by atoms with van der Waals surface area (Å²) in [5, 5.41) is 17.3. The largest absolute Gasteiger partial charge is 0.483 e. The van der Waals surface area contributed by atoms with Crippen LogP contribution in [0.4, 0.5) is 0 Å². The molecule has 3 N–H and O–H groups in total. The predicted molar refractivity (Wildman–Crippen MR) is 89.1 cm³/mol. The standard InChI is InChI=1S/C15H23N3O3.CH2O2/c1-11-4-5-12(13(19)16-11)14(20)18-8-6-15(21,7-9-18)10-17(2)3;2-1-3/h4-5,21H,6-10H2,1-3H3,(H,16,19);1H,(H,2,3). The van der Waals surface area contributed by atoms with Crippen LogP contribution in [0, 0.1) is 6.92 Å². The number of likely N-dealkylation sites (N-methyl/N-ethyl adjacent to an activating group) is 1. The van der Waals surface area contributed by atoms with Crippen molar-refractivity contribution in [2.75, 3.05) is 33.7 Å². The highest BCUT2D eigenvalue weighted by molar-refractivity contribution is 5.93. The summed E-state index contributed by atoms with van der Waals surface area (Å²) in [5.74, 6) is -0.261. The summed E-state index contributed by atoms with van der Waals surface area (Å²) >= 11 is 0. The van der Waals surface area contributed by atoms with Gasteiger partial charge >= 0.3 is 0 Å². The Labute approximate surface area is 140 Å². The van der Waals surface area contributed by atoms with E-state index in [2.05, 4.69) is 4.98 Å². The topological polar surface area (TPSA) is 114 Å². The summed E-state index contributed by atoms with van der Waals surface area (Å²) in [6.07, 6.45) is 1.06. The highest BCUT2D eigenvalue weighted by Crippen LogP contribution is 2.23. The van der Waals surface area contributed by atoms with E-state index in [1.165, 1.54) is 0 Å². The van der Waals surface area contributed by atoms with Crippen molar-refractivity contribution in [3.8, 4) is 0 Å². The van der Waals surface area contributed by atoms with E-state index < -0.39 is 5.60 Å². The minimum atomic E-state index is -0.750. The second-order valence-electron chi connectivity index (χ2n) is 6.24. The van der Waals surface area contributed by atoms with Crippen LogP contribution in [0.25, 0.3) is 0 Å². The number of aromatic nitrogens is 1. The lowest BCUT2D eigenvalue weighted by Gasteiger charge is -2.39. The summed E-state index contributed by atoms with van der Waals surface area (Å²) in [6, 6.07) is 3.29. The minimum absolute atomic E-state index is 0.165. The summed E-state index contributed by atoms with van der Waals surface area (Å²) in [4.78, 5) is 38.8. The third-order valence-electron chi connectivity index (χ3n) is 3.88. The first kappa shape index (κ1) is 19.9. The number of aryl methyl sites for hydroxylation is 1. The number of aliphatic hydroxyl groups is 1. The van der Waals surface area contributed by atoms with Gasteiger partial charge in [0.25, 0.3) is 17.9 Å². The van der Waals surface area contributed by atoms with Gasteiger partial charge < -0.3 is 25.0 Å². The lowest BCUT2D eigenvalue weighted by atomic mass is 9.90. The number of hydrogen-bond donors (Lipinski definition) is 3. The maximum atomic E-state index is 12.4. The summed E-state index contributed by atoms with van der Waals surface area (Å²) in [6.45, 7) is 3.05. The first-order valence-electron chi connectivity index (χ1n) is 7.66. The van der Waals surface area contributed by atoms with Gasteiger partial charge in [0.1, 0.15) is 5.56 Å². The minimum Gasteiger partial charge on any atom is -0.483 e. The molecule has 0 aromatic carbocycles. The molecule has 1 aliphatic heterocycles. The fourth-order valence-corrected chi connectivity index (χ4v) is 2.78. The molecule has 1 amide bonds. The zero-order valence-corrected chi connectivity index (χ0v) is 14.3. The number of piperidine rings is 1. The molecule has 0 unspecified atom stereocenters. The molecule has 0 atom stereocenters. The van der Waals surface area contributed by atoms with E-state index in [4.69, 9.17) is 9.90 Å². The lowest BCUT2D eigenvalue weighted by molar-refractivity contribution is -0.122. The quantitative estimate of drug-likeness (QED) is 0.663. The molecule has 8 nitrogen and oxygen atoms in total. The number of hydrogen-bond acceptors (Lipinski definition) is 5. The molecule has 24 heavy (non-hydrogen) atoms. The molecule has 0 aliphatic carbocycles. The van der Waals surface area contributed by atoms with E-state index >= 15 is 0 Å². The number of rotatable bonds is 3. The number of nitrogens with zero attached hydrogens (tertiary/aromatic N) is 2. The third kappa shape index (κ3) is 5.47. The summed E-state index contributed by atoms with van der Waals surface area (Å²) < 4.78 is 0. The Balaban J connectivity index is 0.000000891. The first-order valence-corrected chi connectivity index (χ1v) is 7.66. The first-order chi connectivity index (χ1) is 11.2. The molecular weight excluding hydrogens is 314 g/mol. The van der Waals surface area contributed by atoms with Crippen molar-refractivity contribution in [1.82, 2.24) is 14.8 Å². The fraction of sp³-hybridized carbons (Fsp3) is 0.562. The van der Waals surface area contributed by atoms with E-state index in [-0.39, 0.29) is 23.5 Å². The van der Waals surface area contributed by atoms with Gasteiger partial charge in [0.15, 0.2) is 0 Å². The molecule has 2 heterocycles. The predicted octanol–water partition coefficient (Wildman–Crippen LogP) is -0.0872. The maximum Gasteiger partial charge on any atom is 0.290 e. The Kier molecular flexibility index (Phi) is 7.12. The van der Waals surface area contributed by atoms with Crippen LogP contribution in [-0.4, -0.2) is 76.7 Å². The van der Waals surface area contributed by atoms with E-state index in [1.54, 1.807) is 24.0 Å². The van der Waals surface area contributed by atoms with Crippen LogP contribution < -0.4 is 5.56 Å². The third-order valence-corrected chi connectivity index (χ3v) is 3.88. The fourth-order valence-electron chi connectivity index (χ4n) is 2.78. The van der Waals surface area contributed by atoms with E-state index in [1.807, 2.05) is 19.0 Å². The van der Waals surface area contributed by atoms with Crippen LogP contribution in [-0.2, 0) is 4.79 Å². The van der Waals surface area contributed by atoms with Crippen LogP contribution in [0.5, 0.6) is 0 Å². The van der Waals surface area contributed by atoms with Gasteiger partial charge in [0.2, 0.25) is 0 Å². The summed E-state index contributed by atoms with van der Waals surface area (Å²) in [5.41, 5.74) is -0.205. The van der Waals surface area contributed by atoms with E-state index in [0.717, 1.165) is 5.69 Å².